The van der Waals surface area contributed by atoms with Gasteiger partial charge >= 0.3 is 0 Å². The molecule has 0 spiro atoms. The van der Waals surface area contributed by atoms with E-state index in [9.17, 15) is 4.79 Å². The maximum Gasteiger partial charge on any atom is 0.270 e. The summed E-state index contributed by atoms with van der Waals surface area (Å²) in [6, 6.07) is 1.72. The molecule has 0 bridgehead atoms. The SMILES string of the molecule is CC(C)c1nnc(N2CCCC(NC(=O)c3ccncn3)C2)s1. The highest BCUT2D eigenvalue weighted by Gasteiger charge is 2.24. The predicted octanol–water partition coefficient (Wildman–Crippen LogP) is 1.85. The average Bonchev–Trinajstić information content (AvgIpc) is 3.06. The minimum Gasteiger partial charge on any atom is -0.346 e. The van der Waals surface area contributed by atoms with Crippen LogP contribution in [0.15, 0.2) is 18.6 Å². The van der Waals surface area contributed by atoms with E-state index < -0.39 is 0 Å². The molecule has 0 radical (unpaired) electrons. The lowest BCUT2D eigenvalue weighted by Gasteiger charge is -2.32. The molecule has 1 amide bonds. The number of nitrogens with one attached hydrogen (secondary N) is 1. The van der Waals surface area contributed by atoms with Crippen molar-refractivity contribution in [2.75, 3.05) is 18.0 Å². The molecule has 0 aliphatic carbocycles. The largest absolute Gasteiger partial charge is 0.346 e. The summed E-state index contributed by atoms with van der Waals surface area (Å²) in [5, 5.41) is 13.6. The molecule has 0 aromatic carbocycles. The van der Waals surface area contributed by atoms with Crippen LogP contribution < -0.4 is 10.2 Å². The third-order valence-corrected chi connectivity index (χ3v) is 5.05. The van der Waals surface area contributed by atoms with Gasteiger partial charge in [0.1, 0.15) is 17.0 Å². The Labute approximate surface area is 139 Å². The summed E-state index contributed by atoms with van der Waals surface area (Å²) in [6.07, 6.45) is 4.94. The summed E-state index contributed by atoms with van der Waals surface area (Å²) in [5.41, 5.74) is 0.398. The molecule has 2 aromatic heterocycles. The smallest absolute Gasteiger partial charge is 0.270 e. The van der Waals surface area contributed by atoms with Gasteiger partial charge in [0.15, 0.2) is 0 Å². The summed E-state index contributed by atoms with van der Waals surface area (Å²) >= 11 is 1.64. The molecule has 1 fully saturated rings. The van der Waals surface area contributed by atoms with Crippen LogP contribution in [0.3, 0.4) is 0 Å². The molecule has 1 unspecified atom stereocenters. The second-order valence-corrected chi connectivity index (χ2v) is 6.92. The van der Waals surface area contributed by atoms with Crippen LogP contribution in [0.4, 0.5) is 5.13 Å². The number of nitrogens with zero attached hydrogens (tertiary/aromatic N) is 5. The molecule has 122 valence electrons. The van der Waals surface area contributed by atoms with Gasteiger partial charge in [-0.1, -0.05) is 25.2 Å². The zero-order valence-corrected chi connectivity index (χ0v) is 14.1. The van der Waals surface area contributed by atoms with Crippen molar-refractivity contribution in [1.29, 1.82) is 0 Å². The molecule has 3 heterocycles. The van der Waals surface area contributed by atoms with E-state index in [0.717, 1.165) is 36.1 Å². The third kappa shape index (κ3) is 3.82. The fourth-order valence-electron chi connectivity index (χ4n) is 2.54. The molecule has 7 nitrogen and oxygen atoms in total. The molecule has 1 N–H and O–H groups in total. The number of piperidine rings is 1. The van der Waals surface area contributed by atoms with Crippen molar-refractivity contribution < 1.29 is 4.79 Å². The number of carbonyl (C=O) groups excluding carboxylic acids is 1. The van der Waals surface area contributed by atoms with Gasteiger partial charge in [-0.05, 0) is 18.9 Å². The monoisotopic (exact) mass is 332 g/mol. The van der Waals surface area contributed by atoms with Crippen molar-refractivity contribution >= 4 is 22.4 Å². The number of hydrogen-bond donors (Lipinski definition) is 1. The van der Waals surface area contributed by atoms with Crippen molar-refractivity contribution in [1.82, 2.24) is 25.5 Å². The predicted molar refractivity (Wildman–Crippen MR) is 88.7 cm³/mol. The normalized spacial score (nSPS) is 18.2. The summed E-state index contributed by atoms with van der Waals surface area (Å²) in [5.74, 6) is 0.235. The Kier molecular flexibility index (Phi) is 4.80. The quantitative estimate of drug-likeness (QED) is 0.920. The number of anilines is 1. The summed E-state index contributed by atoms with van der Waals surface area (Å²) in [6.45, 7) is 5.94. The molecular weight excluding hydrogens is 312 g/mol. The van der Waals surface area contributed by atoms with Crippen LogP contribution >= 0.6 is 11.3 Å². The fraction of sp³-hybridized carbons (Fsp3) is 0.533. The Balaban J connectivity index is 1.62. The van der Waals surface area contributed by atoms with Crippen LogP contribution in [0.25, 0.3) is 0 Å². The Bertz CT molecular complexity index is 659. The van der Waals surface area contributed by atoms with Gasteiger partial charge in [-0.3, -0.25) is 4.79 Å². The number of carbonyl (C=O) groups is 1. The van der Waals surface area contributed by atoms with E-state index in [0.29, 0.717) is 11.6 Å². The first-order valence-electron chi connectivity index (χ1n) is 7.78. The highest BCUT2D eigenvalue weighted by atomic mass is 32.1. The van der Waals surface area contributed by atoms with Gasteiger partial charge in [-0.15, -0.1) is 10.2 Å². The van der Waals surface area contributed by atoms with Crippen molar-refractivity contribution in [3.05, 3.63) is 29.3 Å². The first-order valence-corrected chi connectivity index (χ1v) is 8.60. The van der Waals surface area contributed by atoms with Crippen LogP contribution in [0, 0.1) is 0 Å². The van der Waals surface area contributed by atoms with Gasteiger partial charge in [-0.2, -0.15) is 0 Å². The standard InChI is InChI=1S/C15H20N6OS/c1-10(2)14-19-20-15(23-14)21-7-3-4-11(8-21)18-13(22)12-5-6-16-9-17-12/h5-6,9-11H,3-4,7-8H2,1-2H3,(H,18,22). The molecule has 0 saturated carbocycles. The first-order chi connectivity index (χ1) is 11.1. The Morgan fingerprint density at radius 2 is 2.30 bits per heavy atom. The second kappa shape index (κ2) is 6.99. The minimum absolute atomic E-state index is 0.0950. The summed E-state index contributed by atoms with van der Waals surface area (Å²) < 4.78 is 0. The van der Waals surface area contributed by atoms with Crippen LogP contribution in [-0.2, 0) is 0 Å². The zero-order chi connectivity index (χ0) is 16.2. The van der Waals surface area contributed by atoms with Gasteiger partial charge in [-0.25, -0.2) is 9.97 Å². The number of hydrogen-bond acceptors (Lipinski definition) is 7. The number of aromatic nitrogens is 4. The lowest BCUT2D eigenvalue weighted by molar-refractivity contribution is 0.0928. The van der Waals surface area contributed by atoms with Crippen molar-refractivity contribution in [2.45, 2.75) is 38.6 Å². The maximum atomic E-state index is 12.2. The minimum atomic E-state index is -0.153. The highest BCUT2D eigenvalue weighted by molar-refractivity contribution is 7.15. The number of amides is 1. The Hall–Kier alpha value is -2.09. The van der Waals surface area contributed by atoms with E-state index in [1.54, 1.807) is 23.6 Å². The van der Waals surface area contributed by atoms with Crippen LogP contribution in [0.1, 0.15) is 48.1 Å². The van der Waals surface area contributed by atoms with Gasteiger partial charge in [0.05, 0.1) is 0 Å². The number of rotatable bonds is 4. The van der Waals surface area contributed by atoms with E-state index in [1.807, 2.05) is 0 Å². The molecule has 23 heavy (non-hydrogen) atoms. The van der Waals surface area contributed by atoms with E-state index in [-0.39, 0.29) is 11.9 Å². The van der Waals surface area contributed by atoms with Crippen molar-refractivity contribution in [3.8, 4) is 0 Å². The van der Waals surface area contributed by atoms with Gasteiger partial charge in [0.2, 0.25) is 5.13 Å². The van der Waals surface area contributed by atoms with E-state index in [2.05, 4.69) is 44.2 Å². The lowest BCUT2D eigenvalue weighted by atomic mass is 10.1. The van der Waals surface area contributed by atoms with Crippen molar-refractivity contribution in [2.24, 2.45) is 0 Å². The molecule has 1 aliphatic rings. The summed E-state index contributed by atoms with van der Waals surface area (Å²) in [7, 11) is 0. The highest BCUT2D eigenvalue weighted by Crippen LogP contribution is 2.27. The van der Waals surface area contributed by atoms with Gasteiger partial charge in [0, 0.05) is 31.2 Å². The van der Waals surface area contributed by atoms with Gasteiger partial charge < -0.3 is 10.2 Å². The van der Waals surface area contributed by atoms with E-state index in [4.69, 9.17) is 0 Å². The first kappa shape index (κ1) is 15.8. The molecule has 1 saturated heterocycles. The Morgan fingerprint density at radius 3 is 3.00 bits per heavy atom. The topological polar surface area (TPSA) is 83.9 Å². The van der Waals surface area contributed by atoms with Crippen LogP contribution in [-0.4, -0.2) is 45.2 Å². The lowest BCUT2D eigenvalue weighted by Crippen LogP contribution is -2.48. The molecule has 8 heteroatoms. The van der Waals surface area contributed by atoms with E-state index in [1.165, 1.54) is 6.33 Å². The summed E-state index contributed by atoms with van der Waals surface area (Å²) in [4.78, 5) is 22.2. The fourth-order valence-corrected chi connectivity index (χ4v) is 3.42. The van der Waals surface area contributed by atoms with Crippen LogP contribution in [0.2, 0.25) is 0 Å². The van der Waals surface area contributed by atoms with E-state index >= 15 is 0 Å². The Morgan fingerprint density at radius 1 is 1.43 bits per heavy atom. The maximum absolute atomic E-state index is 12.2. The molecular formula is C15H20N6OS. The van der Waals surface area contributed by atoms with Gasteiger partial charge in [0.25, 0.3) is 5.91 Å². The second-order valence-electron chi connectivity index (χ2n) is 5.93. The zero-order valence-electron chi connectivity index (χ0n) is 13.3. The third-order valence-electron chi connectivity index (χ3n) is 3.77. The molecule has 3 rings (SSSR count). The van der Waals surface area contributed by atoms with Crippen LogP contribution in [0.5, 0.6) is 0 Å². The molecule has 1 aliphatic heterocycles. The molecule has 2 aromatic rings. The van der Waals surface area contributed by atoms with Crippen molar-refractivity contribution in [3.63, 3.8) is 0 Å². The average molecular weight is 332 g/mol. The molecule has 1 atom stereocenters.